The van der Waals surface area contributed by atoms with E-state index in [1.807, 2.05) is 0 Å². The Morgan fingerprint density at radius 3 is 2.17 bits per heavy atom. The second kappa shape index (κ2) is 12.1. The van der Waals surface area contributed by atoms with Gasteiger partial charge < -0.3 is 5.32 Å². The second-order valence-corrected chi connectivity index (χ2v) is 9.98. The van der Waals surface area contributed by atoms with Gasteiger partial charge in [0, 0.05) is 17.4 Å². The van der Waals surface area contributed by atoms with E-state index >= 15 is 0 Å². The maximum Gasteiger partial charge on any atom is 0.399 e. The van der Waals surface area contributed by atoms with Crippen molar-refractivity contribution in [2.45, 2.75) is 38.2 Å². The minimum absolute atomic E-state index is 0.0419. The van der Waals surface area contributed by atoms with E-state index in [9.17, 15) is 31.1 Å². The van der Waals surface area contributed by atoms with Gasteiger partial charge in [-0.2, -0.15) is 38.1 Å². The van der Waals surface area contributed by atoms with Crippen LogP contribution < -0.4 is 5.32 Å². The van der Waals surface area contributed by atoms with Gasteiger partial charge in [-0.15, -0.1) is 0 Å². The van der Waals surface area contributed by atoms with Crippen molar-refractivity contribution in [3.63, 3.8) is 0 Å². The van der Waals surface area contributed by atoms with Crippen molar-refractivity contribution in [3.05, 3.63) is 73.7 Å². The van der Waals surface area contributed by atoms with Crippen molar-refractivity contribution in [1.82, 2.24) is 5.32 Å². The van der Waals surface area contributed by atoms with E-state index in [0.717, 1.165) is 18.2 Å². The van der Waals surface area contributed by atoms with Crippen molar-refractivity contribution in [2.24, 2.45) is 0 Å². The minimum Gasteiger partial charge on any atom is -0.349 e. The molecule has 1 amide bonds. The highest BCUT2D eigenvalue weighted by Crippen LogP contribution is 2.41. The predicted molar refractivity (Wildman–Crippen MR) is 131 cm³/mol. The van der Waals surface area contributed by atoms with Crippen molar-refractivity contribution in [2.75, 3.05) is 11.5 Å². The SMILES string of the molecule is Cc1cc(/C=C/C(c2cc(Cl)c(Cl)c(Cl)c2)C(F)(F)F)ccc1C(=O)N[C@H](C)CSCC(F)(F)F. The smallest absolute Gasteiger partial charge is 0.349 e. The molecule has 2 aromatic rings. The van der Waals surface area contributed by atoms with Crippen LogP contribution in [0.3, 0.4) is 0 Å². The van der Waals surface area contributed by atoms with Gasteiger partial charge in [-0.1, -0.05) is 59.1 Å². The lowest BCUT2D eigenvalue weighted by Crippen LogP contribution is -2.35. The molecule has 2 aromatic carbocycles. The Morgan fingerprint density at radius 1 is 1.06 bits per heavy atom. The summed E-state index contributed by atoms with van der Waals surface area (Å²) in [5, 5.41) is 2.37. The highest BCUT2D eigenvalue weighted by atomic mass is 35.5. The molecule has 0 spiro atoms. The van der Waals surface area contributed by atoms with Crippen molar-refractivity contribution >= 4 is 58.5 Å². The third-order valence-corrected chi connectivity index (χ3v) is 7.17. The lowest BCUT2D eigenvalue weighted by molar-refractivity contribution is -0.139. The number of aryl methyl sites for hydroxylation is 1. The summed E-state index contributed by atoms with van der Waals surface area (Å²) < 4.78 is 77.9. The van der Waals surface area contributed by atoms with Crippen LogP contribution in [0.4, 0.5) is 26.3 Å². The van der Waals surface area contributed by atoms with Crippen LogP contribution in [0.1, 0.15) is 39.9 Å². The summed E-state index contributed by atoms with van der Waals surface area (Å²) in [6.07, 6.45) is -6.71. The molecule has 0 aliphatic rings. The van der Waals surface area contributed by atoms with Crippen LogP contribution >= 0.6 is 46.6 Å². The van der Waals surface area contributed by atoms with Crippen LogP contribution in [-0.2, 0) is 0 Å². The standard InChI is InChI=1S/C23H20Cl3F6NOS/c1-12-7-14(3-5-16(12)21(34)33-13(2)10-35-11-22(27,28)29)4-6-17(23(30,31)32)15-8-18(24)20(26)19(25)9-15/h3-9,13,17H,10-11H2,1-2H3,(H,33,34)/b6-4+/t13-,17?/m1/s1. The molecule has 0 aliphatic carbocycles. The summed E-state index contributed by atoms with van der Waals surface area (Å²) >= 11 is 18.3. The summed E-state index contributed by atoms with van der Waals surface area (Å²) in [7, 11) is 0. The molecule has 2 rings (SSSR count). The van der Waals surface area contributed by atoms with Gasteiger partial charge in [-0.25, -0.2) is 0 Å². The molecule has 2 atom stereocenters. The highest BCUT2D eigenvalue weighted by molar-refractivity contribution is 7.99. The molecule has 0 fully saturated rings. The fourth-order valence-electron chi connectivity index (χ4n) is 3.11. The predicted octanol–water partition coefficient (Wildman–Crippen LogP) is 8.73. The van der Waals surface area contributed by atoms with E-state index < -0.39 is 36.0 Å². The summed E-state index contributed by atoms with van der Waals surface area (Å²) in [6.45, 7) is 3.19. The number of amides is 1. The molecule has 2 nitrogen and oxygen atoms in total. The van der Waals surface area contributed by atoms with Gasteiger partial charge in [-0.3, -0.25) is 4.79 Å². The molecule has 12 heteroatoms. The monoisotopic (exact) mass is 577 g/mol. The molecule has 0 saturated carbocycles. The Morgan fingerprint density at radius 2 is 1.66 bits per heavy atom. The summed E-state index contributed by atoms with van der Waals surface area (Å²) in [5.41, 5.74) is 0.978. The Bertz CT molecular complexity index is 1060. The molecule has 0 saturated heterocycles. The first kappa shape index (κ1) is 29.7. The maximum absolute atomic E-state index is 13.7. The number of rotatable bonds is 8. The minimum atomic E-state index is -4.63. The number of carbonyl (C=O) groups excluding carboxylic acids is 1. The number of allylic oxidation sites excluding steroid dienone is 1. The van der Waals surface area contributed by atoms with E-state index in [4.69, 9.17) is 34.8 Å². The number of hydrogen-bond donors (Lipinski definition) is 1. The number of thioether (sulfide) groups is 1. The average Bonchev–Trinajstić information content (AvgIpc) is 2.70. The van der Waals surface area contributed by atoms with Crippen LogP contribution in [0.15, 0.2) is 36.4 Å². The fourth-order valence-corrected chi connectivity index (χ4v) is 4.51. The summed E-state index contributed by atoms with van der Waals surface area (Å²) in [5.74, 6) is -3.44. The van der Waals surface area contributed by atoms with Crippen LogP contribution in [0, 0.1) is 6.92 Å². The highest BCUT2D eigenvalue weighted by Gasteiger charge is 2.39. The van der Waals surface area contributed by atoms with E-state index in [2.05, 4.69) is 5.32 Å². The first-order valence-corrected chi connectivity index (χ1v) is 12.3. The van der Waals surface area contributed by atoms with Gasteiger partial charge in [0.2, 0.25) is 0 Å². The zero-order valence-corrected chi connectivity index (χ0v) is 21.4. The van der Waals surface area contributed by atoms with Gasteiger partial charge in [0.05, 0.1) is 26.7 Å². The molecule has 0 radical (unpaired) electrons. The Balaban J connectivity index is 2.16. The number of nitrogens with one attached hydrogen (secondary N) is 1. The van der Waals surface area contributed by atoms with Crippen molar-refractivity contribution in [1.29, 1.82) is 0 Å². The van der Waals surface area contributed by atoms with E-state index in [-0.39, 0.29) is 31.9 Å². The lowest BCUT2D eigenvalue weighted by Gasteiger charge is -2.18. The number of alkyl halides is 6. The number of carbonyl (C=O) groups is 1. The fraction of sp³-hybridized carbons (Fsp3) is 0.348. The molecule has 192 valence electrons. The number of halogens is 9. The molecule has 1 unspecified atom stereocenters. The van der Waals surface area contributed by atoms with Crippen LogP contribution in [0.25, 0.3) is 6.08 Å². The first-order valence-electron chi connectivity index (χ1n) is 10.0. The van der Waals surface area contributed by atoms with E-state index in [1.165, 1.54) is 24.3 Å². The quantitative estimate of drug-likeness (QED) is 0.251. The lowest BCUT2D eigenvalue weighted by atomic mass is 9.96. The molecule has 0 bridgehead atoms. The van der Waals surface area contributed by atoms with Crippen LogP contribution in [0.2, 0.25) is 15.1 Å². The molecular formula is C23H20Cl3F6NOS. The molecule has 0 heterocycles. The normalized spacial score (nSPS) is 14.3. The molecule has 0 aliphatic heterocycles. The molecule has 0 aromatic heterocycles. The first-order chi connectivity index (χ1) is 16.1. The van der Waals surface area contributed by atoms with Crippen molar-refractivity contribution < 1.29 is 31.1 Å². The third kappa shape index (κ3) is 9.12. The molecular weight excluding hydrogens is 559 g/mol. The Labute approximate surface area is 218 Å². The van der Waals surface area contributed by atoms with Gasteiger partial charge >= 0.3 is 12.4 Å². The summed E-state index contributed by atoms with van der Waals surface area (Å²) in [4.78, 5) is 12.5. The third-order valence-electron chi connectivity index (χ3n) is 4.71. The van der Waals surface area contributed by atoms with Gasteiger partial charge in [-0.05, 0) is 48.7 Å². The zero-order valence-electron chi connectivity index (χ0n) is 18.3. The summed E-state index contributed by atoms with van der Waals surface area (Å²) in [6, 6.07) is 6.13. The zero-order chi connectivity index (χ0) is 26.6. The molecule has 35 heavy (non-hydrogen) atoms. The topological polar surface area (TPSA) is 29.1 Å². The van der Waals surface area contributed by atoms with Crippen LogP contribution in [0.5, 0.6) is 0 Å². The van der Waals surface area contributed by atoms with E-state index in [1.54, 1.807) is 13.8 Å². The van der Waals surface area contributed by atoms with Gasteiger partial charge in [0.1, 0.15) is 0 Å². The second-order valence-electron chi connectivity index (χ2n) is 7.76. The number of benzene rings is 2. The largest absolute Gasteiger partial charge is 0.399 e. The van der Waals surface area contributed by atoms with Gasteiger partial charge in [0.25, 0.3) is 5.91 Å². The molecule has 1 N–H and O–H groups in total. The Kier molecular flexibility index (Phi) is 10.3. The van der Waals surface area contributed by atoms with Crippen LogP contribution in [-0.4, -0.2) is 35.8 Å². The van der Waals surface area contributed by atoms with E-state index in [0.29, 0.717) is 22.9 Å². The van der Waals surface area contributed by atoms with Crippen molar-refractivity contribution in [3.8, 4) is 0 Å². The maximum atomic E-state index is 13.7. The Hall–Kier alpha value is -1.55. The van der Waals surface area contributed by atoms with Gasteiger partial charge in [0.15, 0.2) is 0 Å². The number of hydrogen-bond acceptors (Lipinski definition) is 2. The average molecular weight is 579 g/mol.